The molecule has 1 aliphatic rings. The van der Waals surface area contributed by atoms with Crippen LogP contribution >= 0.6 is 0 Å². The molecule has 0 bridgehead atoms. The Kier molecular flexibility index (Phi) is 6.19. The van der Waals surface area contributed by atoms with Gasteiger partial charge in [-0.3, -0.25) is 4.79 Å². The van der Waals surface area contributed by atoms with E-state index >= 15 is 0 Å². The number of hydrogen-bond donors (Lipinski definition) is 1. The summed E-state index contributed by atoms with van der Waals surface area (Å²) in [5, 5.41) is 9.19. The van der Waals surface area contributed by atoms with Crippen LogP contribution in [-0.4, -0.2) is 53.7 Å². The maximum Gasteiger partial charge on any atom is 0.308 e. The molecular formula is C17H27N3O2. The number of aryl methyl sites for hydroxylation is 1. The molecule has 0 saturated carbocycles. The van der Waals surface area contributed by atoms with Crippen molar-refractivity contribution in [2.75, 3.05) is 37.6 Å². The van der Waals surface area contributed by atoms with Crippen molar-refractivity contribution in [3.8, 4) is 0 Å². The van der Waals surface area contributed by atoms with Crippen molar-refractivity contribution in [2.24, 2.45) is 5.92 Å². The largest absolute Gasteiger partial charge is 0.481 e. The number of pyridine rings is 1. The molecule has 5 heteroatoms. The van der Waals surface area contributed by atoms with Gasteiger partial charge >= 0.3 is 5.97 Å². The van der Waals surface area contributed by atoms with E-state index in [1.807, 2.05) is 19.1 Å². The average molecular weight is 305 g/mol. The molecule has 1 fully saturated rings. The molecule has 1 aromatic rings. The standard InChI is InChI=1S/C17H27N3O2/c1-14-6-7-18-16(12-14)20(13-15(2)17(21)22)11-10-19-8-4-3-5-9-19/h6-7,12,15H,3-5,8-11,13H2,1-2H3,(H,21,22). The summed E-state index contributed by atoms with van der Waals surface area (Å²) in [6, 6.07) is 4.00. The molecule has 122 valence electrons. The second-order valence-electron chi connectivity index (χ2n) is 6.28. The number of likely N-dealkylation sites (tertiary alicyclic amines) is 1. The third kappa shape index (κ3) is 4.98. The lowest BCUT2D eigenvalue weighted by Gasteiger charge is -2.31. The van der Waals surface area contributed by atoms with Crippen molar-refractivity contribution >= 4 is 11.8 Å². The van der Waals surface area contributed by atoms with E-state index in [1.54, 1.807) is 13.1 Å². The number of carboxylic acids is 1. The van der Waals surface area contributed by atoms with Crippen LogP contribution in [0.3, 0.4) is 0 Å². The van der Waals surface area contributed by atoms with Gasteiger partial charge in [0.05, 0.1) is 5.92 Å². The summed E-state index contributed by atoms with van der Waals surface area (Å²) in [4.78, 5) is 20.2. The van der Waals surface area contributed by atoms with Gasteiger partial charge in [0.15, 0.2) is 0 Å². The Labute approximate surface area is 132 Å². The van der Waals surface area contributed by atoms with E-state index in [1.165, 1.54) is 19.3 Å². The molecule has 1 atom stereocenters. The van der Waals surface area contributed by atoms with Crippen LogP contribution in [0.2, 0.25) is 0 Å². The Morgan fingerprint density at radius 2 is 2.14 bits per heavy atom. The molecule has 22 heavy (non-hydrogen) atoms. The van der Waals surface area contributed by atoms with Crippen LogP contribution in [0.1, 0.15) is 31.7 Å². The Bertz CT molecular complexity index is 487. The van der Waals surface area contributed by atoms with Crippen molar-refractivity contribution in [3.63, 3.8) is 0 Å². The topological polar surface area (TPSA) is 56.7 Å². The molecule has 0 radical (unpaired) electrons. The summed E-state index contributed by atoms with van der Waals surface area (Å²) in [7, 11) is 0. The first-order chi connectivity index (χ1) is 10.6. The quantitative estimate of drug-likeness (QED) is 0.838. The van der Waals surface area contributed by atoms with Crippen LogP contribution < -0.4 is 4.90 Å². The summed E-state index contributed by atoms with van der Waals surface area (Å²) in [5.74, 6) is -0.274. The number of anilines is 1. The lowest BCUT2D eigenvalue weighted by molar-refractivity contribution is -0.140. The van der Waals surface area contributed by atoms with Crippen LogP contribution in [0, 0.1) is 12.8 Å². The Hall–Kier alpha value is -1.62. The van der Waals surface area contributed by atoms with Crippen molar-refractivity contribution < 1.29 is 9.90 Å². The predicted octanol–water partition coefficient (Wildman–Crippen LogP) is 2.40. The molecule has 0 aromatic carbocycles. The highest BCUT2D eigenvalue weighted by atomic mass is 16.4. The SMILES string of the molecule is Cc1ccnc(N(CCN2CCCCC2)CC(C)C(=O)O)c1. The monoisotopic (exact) mass is 305 g/mol. The Morgan fingerprint density at radius 3 is 2.77 bits per heavy atom. The predicted molar refractivity (Wildman–Crippen MR) is 88.3 cm³/mol. The summed E-state index contributed by atoms with van der Waals surface area (Å²) >= 11 is 0. The Morgan fingerprint density at radius 1 is 1.41 bits per heavy atom. The molecule has 2 heterocycles. The molecule has 0 aliphatic carbocycles. The van der Waals surface area contributed by atoms with Gasteiger partial charge in [-0.2, -0.15) is 0 Å². The number of piperidine rings is 1. The summed E-state index contributed by atoms with van der Waals surface area (Å²) in [6.07, 6.45) is 5.67. The number of rotatable bonds is 7. The molecule has 0 amide bonds. The van der Waals surface area contributed by atoms with Gasteiger partial charge < -0.3 is 14.9 Å². The van der Waals surface area contributed by atoms with Crippen LogP contribution in [-0.2, 0) is 4.79 Å². The molecule has 0 spiro atoms. The minimum Gasteiger partial charge on any atom is -0.481 e. The normalized spacial score (nSPS) is 17.2. The zero-order chi connectivity index (χ0) is 15.9. The summed E-state index contributed by atoms with van der Waals surface area (Å²) in [5.41, 5.74) is 1.15. The van der Waals surface area contributed by atoms with E-state index in [0.29, 0.717) is 6.54 Å². The molecular weight excluding hydrogens is 278 g/mol. The maximum absolute atomic E-state index is 11.2. The highest BCUT2D eigenvalue weighted by Gasteiger charge is 2.19. The first-order valence-electron chi connectivity index (χ1n) is 8.19. The minimum atomic E-state index is -0.754. The smallest absolute Gasteiger partial charge is 0.308 e. The molecule has 1 unspecified atom stereocenters. The van der Waals surface area contributed by atoms with Crippen LogP contribution in [0.5, 0.6) is 0 Å². The van der Waals surface area contributed by atoms with Gasteiger partial charge in [-0.05, 0) is 50.6 Å². The second kappa shape index (κ2) is 8.13. The highest BCUT2D eigenvalue weighted by molar-refractivity contribution is 5.70. The lowest BCUT2D eigenvalue weighted by Crippen LogP contribution is -2.40. The molecule has 1 saturated heterocycles. The highest BCUT2D eigenvalue weighted by Crippen LogP contribution is 2.15. The zero-order valence-corrected chi connectivity index (χ0v) is 13.7. The van der Waals surface area contributed by atoms with Gasteiger partial charge in [-0.15, -0.1) is 0 Å². The van der Waals surface area contributed by atoms with Crippen molar-refractivity contribution in [1.82, 2.24) is 9.88 Å². The van der Waals surface area contributed by atoms with Crippen molar-refractivity contribution in [2.45, 2.75) is 33.1 Å². The number of hydrogen-bond acceptors (Lipinski definition) is 4. The van der Waals surface area contributed by atoms with E-state index in [9.17, 15) is 9.90 Å². The van der Waals surface area contributed by atoms with Crippen LogP contribution in [0.15, 0.2) is 18.3 Å². The Balaban J connectivity index is 2.01. The average Bonchev–Trinajstić information content (AvgIpc) is 2.52. The van der Waals surface area contributed by atoms with E-state index in [-0.39, 0.29) is 0 Å². The van der Waals surface area contributed by atoms with Crippen LogP contribution in [0.25, 0.3) is 0 Å². The second-order valence-corrected chi connectivity index (χ2v) is 6.28. The summed E-state index contributed by atoms with van der Waals surface area (Å²) in [6.45, 7) is 8.41. The molecule has 1 N–H and O–H groups in total. The fourth-order valence-corrected chi connectivity index (χ4v) is 2.85. The van der Waals surface area contributed by atoms with Gasteiger partial charge in [0.2, 0.25) is 0 Å². The molecule has 2 rings (SSSR count). The fraction of sp³-hybridized carbons (Fsp3) is 0.647. The number of carbonyl (C=O) groups is 1. The van der Waals surface area contributed by atoms with Gasteiger partial charge in [0, 0.05) is 25.8 Å². The number of aromatic nitrogens is 1. The number of aliphatic carboxylic acids is 1. The molecule has 1 aromatic heterocycles. The fourth-order valence-electron chi connectivity index (χ4n) is 2.85. The van der Waals surface area contributed by atoms with E-state index in [0.717, 1.165) is 37.6 Å². The third-order valence-electron chi connectivity index (χ3n) is 4.28. The van der Waals surface area contributed by atoms with Crippen molar-refractivity contribution in [1.29, 1.82) is 0 Å². The number of nitrogens with zero attached hydrogens (tertiary/aromatic N) is 3. The van der Waals surface area contributed by atoms with Gasteiger partial charge in [0.25, 0.3) is 0 Å². The minimum absolute atomic E-state index is 0.399. The molecule has 1 aliphatic heterocycles. The van der Waals surface area contributed by atoms with Gasteiger partial charge in [0.1, 0.15) is 5.82 Å². The zero-order valence-electron chi connectivity index (χ0n) is 13.7. The number of carboxylic acid groups (broad SMARTS) is 1. The van der Waals surface area contributed by atoms with Gasteiger partial charge in [-0.1, -0.05) is 13.3 Å². The summed E-state index contributed by atoms with van der Waals surface area (Å²) < 4.78 is 0. The van der Waals surface area contributed by atoms with Gasteiger partial charge in [-0.25, -0.2) is 4.98 Å². The molecule has 5 nitrogen and oxygen atoms in total. The maximum atomic E-state index is 11.2. The lowest BCUT2D eigenvalue weighted by atomic mass is 10.1. The van der Waals surface area contributed by atoms with E-state index in [2.05, 4.69) is 14.8 Å². The first-order valence-corrected chi connectivity index (χ1v) is 8.19. The van der Waals surface area contributed by atoms with Crippen molar-refractivity contribution in [3.05, 3.63) is 23.9 Å². The first kappa shape index (κ1) is 16.7. The third-order valence-corrected chi connectivity index (χ3v) is 4.28. The van der Waals surface area contributed by atoms with E-state index in [4.69, 9.17) is 0 Å². The van der Waals surface area contributed by atoms with E-state index < -0.39 is 11.9 Å². The van der Waals surface area contributed by atoms with Crippen LogP contribution in [0.4, 0.5) is 5.82 Å².